The number of amides is 1. The molecule has 0 spiro atoms. The Balaban J connectivity index is 1.38. The van der Waals surface area contributed by atoms with Gasteiger partial charge in [0, 0.05) is 43.0 Å². The van der Waals surface area contributed by atoms with Crippen molar-refractivity contribution < 1.29 is 18.7 Å². The molecule has 0 saturated heterocycles. The Morgan fingerprint density at radius 1 is 1.05 bits per heavy atom. The van der Waals surface area contributed by atoms with Gasteiger partial charge in [-0.1, -0.05) is 6.07 Å². The number of fused-ring (bicyclic) bond motifs is 1. The fourth-order valence-corrected chi connectivity index (χ4v) is 4.00. The maximum Gasteiger partial charge on any atom is 0.246 e. The van der Waals surface area contributed by atoms with E-state index in [0.717, 1.165) is 31.4 Å². The monoisotopic (exact) mass is 550 g/mol. The molecule has 0 radical (unpaired) electrons. The topological polar surface area (TPSA) is 110 Å². The molecular formula is C28H35FN8O3. The van der Waals surface area contributed by atoms with Crippen LogP contribution in [0.2, 0.25) is 0 Å². The van der Waals surface area contributed by atoms with Crippen molar-refractivity contribution in [1.29, 1.82) is 0 Å². The van der Waals surface area contributed by atoms with Gasteiger partial charge in [-0.25, -0.2) is 14.4 Å². The van der Waals surface area contributed by atoms with Gasteiger partial charge in [0.05, 0.1) is 31.1 Å². The summed E-state index contributed by atoms with van der Waals surface area (Å²) in [6.45, 7) is 3.46. The lowest BCUT2D eigenvalue weighted by molar-refractivity contribution is -0.116. The molecule has 0 atom stereocenters. The molecule has 2 aromatic heterocycles. The quantitative estimate of drug-likeness (QED) is 0.228. The molecule has 0 fully saturated rings. The van der Waals surface area contributed by atoms with Crippen LogP contribution in [-0.2, 0) is 11.3 Å². The molecule has 2 N–H and O–H groups in total. The number of benzene rings is 2. The van der Waals surface area contributed by atoms with Crippen LogP contribution >= 0.6 is 0 Å². The summed E-state index contributed by atoms with van der Waals surface area (Å²) in [6.07, 6.45) is 5.63. The van der Waals surface area contributed by atoms with Crippen molar-refractivity contribution >= 4 is 34.0 Å². The Morgan fingerprint density at radius 2 is 1.90 bits per heavy atom. The minimum Gasteiger partial charge on any atom is -0.493 e. The van der Waals surface area contributed by atoms with Gasteiger partial charge in [0.1, 0.15) is 24.5 Å². The molecule has 4 rings (SSSR count). The smallest absolute Gasteiger partial charge is 0.246 e. The average molecular weight is 551 g/mol. The van der Waals surface area contributed by atoms with Gasteiger partial charge in [0.25, 0.3) is 0 Å². The van der Waals surface area contributed by atoms with Crippen LogP contribution in [0.15, 0.2) is 55.1 Å². The van der Waals surface area contributed by atoms with Gasteiger partial charge < -0.3 is 29.9 Å². The molecule has 0 saturated carbocycles. The van der Waals surface area contributed by atoms with E-state index >= 15 is 0 Å². The van der Waals surface area contributed by atoms with E-state index in [0.29, 0.717) is 40.8 Å². The second-order valence-electron chi connectivity index (χ2n) is 9.66. The average Bonchev–Trinajstić information content (AvgIpc) is 3.35. The molecule has 212 valence electrons. The number of hydrogen-bond acceptors (Lipinski definition) is 9. The Morgan fingerprint density at radius 3 is 2.67 bits per heavy atom. The fourth-order valence-electron chi connectivity index (χ4n) is 4.00. The van der Waals surface area contributed by atoms with Crippen molar-refractivity contribution in [3.8, 4) is 11.5 Å². The number of nitrogens with one attached hydrogen (secondary N) is 2. The molecule has 0 aliphatic rings. The number of hydrogen-bond donors (Lipinski definition) is 2. The number of rotatable bonds is 14. The number of anilines is 3. The first kappa shape index (κ1) is 28.7. The number of halogens is 1. The Bertz CT molecular complexity index is 1430. The number of ether oxygens (including phenoxy) is 2. The van der Waals surface area contributed by atoms with Crippen LogP contribution in [0.1, 0.15) is 6.42 Å². The first-order chi connectivity index (χ1) is 19.3. The molecule has 11 nitrogen and oxygen atoms in total. The molecule has 2 heterocycles. The largest absolute Gasteiger partial charge is 0.493 e. The molecule has 0 aliphatic carbocycles. The first-order valence-corrected chi connectivity index (χ1v) is 12.9. The summed E-state index contributed by atoms with van der Waals surface area (Å²) in [5.41, 5.74) is 1.71. The molecule has 2 aromatic carbocycles. The summed E-state index contributed by atoms with van der Waals surface area (Å²) in [7, 11) is 7.84. The standard InChI is InChI=1S/C28H35FN8O3/c1-35(2)10-11-36(3)9-6-12-40-26-15-24-23(14-25(26)39-4)28(31-19-30-24)34-22-16-32-37(17-22)18-27(38)33-21-8-5-7-20(29)13-21/h5,7-8,13-17,19H,6,9-12,18H2,1-4H3,(H,33,38)(H,30,31,34). The van der Waals surface area contributed by atoms with Crippen LogP contribution < -0.4 is 20.1 Å². The van der Waals surface area contributed by atoms with E-state index in [1.807, 2.05) is 12.1 Å². The van der Waals surface area contributed by atoms with E-state index < -0.39 is 5.82 Å². The number of methoxy groups -OCH3 is 1. The molecule has 4 aromatic rings. The van der Waals surface area contributed by atoms with Crippen LogP contribution in [0.3, 0.4) is 0 Å². The molecule has 1 amide bonds. The second-order valence-corrected chi connectivity index (χ2v) is 9.66. The lowest BCUT2D eigenvalue weighted by Crippen LogP contribution is -2.29. The lowest BCUT2D eigenvalue weighted by Gasteiger charge is -2.19. The Hall–Kier alpha value is -4.29. The third-order valence-electron chi connectivity index (χ3n) is 6.10. The highest BCUT2D eigenvalue weighted by Gasteiger charge is 2.13. The van der Waals surface area contributed by atoms with Gasteiger partial charge in [0.15, 0.2) is 11.5 Å². The number of aromatic nitrogens is 4. The molecule has 0 aliphatic heterocycles. The van der Waals surface area contributed by atoms with Crippen molar-refractivity contribution in [2.75, 3.05) is 65.1 Å². The second kappa shape index (κ2) is 13.7. The summed E-state index contributed by atoms with van der Waals surface area (Å²) < 4.78 is 26.5. The van der Waals surface area contributed by atoms with Crippen LogP contribution in [-0.4, -0.2) is 89.9 Å². The van der Waals surface area contributed by atoms with Crippen molar-refractivity contribution in [2.24, 2.45) is 0 Å². The third kappa shape index (κ3) is 8.10. The highest BCUT2D eigenvalue weighted by Crippen LogP contribution is 2.34. The van der Waals surface area contributed by atoms with Crippen molar-refractivity contribution in [1.82, 2.24) is 29.5 Å². The predicted octanol–water partition coefficient (Wildman–Crippen LogP) is 3.62. The predicted molar refractivity (Wildman–Crippen MR) is 153 cm³/mol. The number of nitrogens with zero attached hydrogens (tertiary/aromatic N) is 6. The zero-order valence-corrected chi connectivity index (χ0v) is 23.2. The SMILES string of the molecule is COc1cc2c(Nc3cnn(CC(=O)Nc4cccc(F)c4)c3)ncnc2cc1OCCCN(C)CCN(C)C. The van der Waals surface area contributed by atoms with Crippen LogP contribution in [0.25, 0.3) is 10.9 Å². The van der Waals surface area contributed by atoms with Crippen molar-refractivity contribution in [2.45, 2.75) is 13.0 Å². The zero-order valence-electron chi connectivity index (χ0n) is 23.2. The zero-order chi connectivity index (χ0) is 28.5. The van der Waals surface area contributed by atoms with E-state index in [2.05, 4.69) is 56.6 Å². The normalized spacial score (nSPS) is 11.3. The van der Waals surface area contributed by atoms with Gasteiger partial charge >= 0.3 is 0 Å². The highest BCUT2D eigenvalue weighted by atomic mass is 19.1. The molecule has 0 unspecified atom stereocenters. The lowest BCUT2D eigenvalue weighted by atomic mass is 10.2. The first-order valence-electron chi connectivity index (χ1n) is 12.9. The minimum absolute atomic E-state index is 0.0390. The molecule has 12 heteroatoms. The minimum atomic E-state index is -0.422. The van der Waals surface area contributed by atoms with Gasteiger partial charge in [-0.3, -0.25) is 9.48 Å². The Kier molecular flexibility index (Phi) is 9.81. The van der Waals surface area contributed by atoms with E-state index in [-0.39, 0.29) is 12.5 Å². The summed E-state index contributed by atoms with van der Waals surface area (Å²) in [4.78, 5) is 25.6. The maximum atomic E-state index is 13.4. The van der Waals surface area contributed by atoms with E-state index in [9.17, 15) is 9.18 Å². The number of carbonyl (C=O) groups is 1. The summed E-state index contributed by atoms with van der Waals surface area (Å²) in [5.74, 6) is 1.00. The van der Waals surface area contributed by atoms with Gasteiger partial charge in [-0.05, 0) is 51.8 Å². The van der Waals surface area contributed by atoms with E-state index in [1.54, 1.807) is 25.6 Å². The summed E-state index contributed by atoms with van der Waals surface area (Å²) in [6, 6.07) is 9.41. The fraction of sp³-hybridized carbons (Fsp3) is 0.357. The molecular weight excluding hydrogens is 515 g/mol. The molecule has 40 heavy (non-hydrogen) atoms. The Labute approximate surface area is 232 Å². The highest BCUT2D eigenvalue weighted by molar-refractivity contribution is 5.93. The maximum absolute atomic E-state index is 13.4. The van der Waals surface area contributed by atoms with Gasteiger partial charge in [-0.15, -0.1) is 0 Å². The number of likely N-dealkylation sites (N-methyl/N-ethyl adjacent to an activating group) is 2. The third-order valence-corrected chi connectivity index (χ3v) is 6.10. The van der Waals surface area contributed by atoms with Crippen molar-refractivity contribution in [3.05, 3.63) is 60.9 Å². The van der Waals surface area contributed by atoms with Gasteiger partial charge in [-0.2, -0.15) is 5.10 Å². The van der Waals surface area contributed by atoms with E-state index in [1.165, 1.54) is 29.2 Å². The molecule has 0 bridgehead atoms. The van der Waals surface area contributed by atoms with Crippen molar-refractivity contribution in [3.63, 3.8) is 0 Å². The van der Waals surface area contributed by atoms with Crippen LogP contribution in [0, 0.1) is 5.82 Å². The number of carbonyl (C=O) groups excluding carboxylic acids is 1. The van der Waals surface area contributed by atoms with Crippen LogP contribution in [0.5, 0.6) is 11.5 Å². The van der Waals surface area contributed by atoms with E-state index in [4.69, 9.17) is 9.47 Å². The van der Waals surface area contributed by atoms with Crippen LogP contribution in [0.4, 0.5) is 21.6 Å². The summed E-state index contributed by atoms with van der Waals surface area (Å²) in [5, 5.41) is 10.9. The summed E-state index contributed by atoms with van der Waals surface area (Å²) >= 11 is 0. The van der Waals surface area contributed by atoms with Gasteiger partial charge in [0.2, 0.25) is 5.91 Å².